The van der Waals surface area contributed by atoms with Gasteiger partial charge in [-0.05, 0) is 12.1 Å². The van der Waals surface area contributed by atoms with Crippen molar-refractivity contribution in [1.29, 1.82) is 0 Å². The number of nitrogens with zero attached hydrogens (tertiary/aromatic N) is 2. The highest BCUT2D eigenvalue weighted by Crippen LogP contribution is 2.29. The number of phenols is 1. The van der Waals surface area contributed by atoms with Crippen molar-refractivity contribution in [2.75, 3.05) is 13.6 Å². The fraction of sp³-hybridized carbons (Fsp3) is 0.200. The van der Waals surface area contributed by atoms with Crippen molar-refractivity contribution < 1.29 is 18.4 Å². The first-order valence-corrected chi connectivity index (χ1v) is 6.12. The molecule has 1 rings (SSSR count). The molecule has 0 unspecified atom stereocenters. The van der Waals surface area contributed by atoms with E-state index >= 15 is 0 Å². The lowest BCUT2D eigenvalue weighted by Gasteiger charge is -2.14. The van der Waals surface area contributed by atoms with Crippen LogP contribution in [0.1, 0.15) is 0 Å². The average molecular weight is 270 g/mol. The zero-order chi connectivity index (χ0) is 13.9. The molecule has 1 N–H and O–H groups in total. The molecular formula is C10H10N2O5S. The highest BCUT2D eigenvalue weighted by Gasteiger charge is 2.24. The molecule has 1 aromatic rings. The van der Waals surface area contributed by atoms with E-state index in [-0.39, 0.29) is 11.4 Å². The van der Waals surface area contributed by atoms with Crippen molar-refractivity contribution in [2.24, 2.45) is 0 Å². The topological polar surface area (TPSA) is 101 Å². The minimum absolute atomic E-state index is 0.156. The number of hydrogen-bond donors (Lipinski definition) is 1. The number of benzene rings is 1. The third-order valence-electron chi connectivity index (χ3n) is 2.17. The van der Waals surface area contributed by atoms with Crippen LogP contribution in [0.3, 0.4) is 0 Å². The fourth-order valence-corrected chi connectivity index (χ4v) is 2.31. The van der Waals surface area contributed by atoms with Crippen LogP contribution in [0.4, 0.5) is 5.69 Å². The number of nitro benzene ring substituents is 1. The summed E-state index contributed by atoms with van der Waals surface area (Å²) in [6, 6.07) is 2.82. The van der Waals surface area contributed by atoms with Crippen LogP contribution in [-0.2, 0) is 10.0 Å². The second-order valence-corrected chi connectivity index (χ2v) is 5.42. The lowest BCUT2D eigenvalue weighted by atomic mass is 10.3. The summed E-state index contributed by atoms with van der Waals surface area (Å²) >= 11 is 0. The Labute approximate surface area is 104 Å². The van der Waals surface area contributed by atoms with Gasteiger partial charge in [0.2, 0.25) is 10.0 Å². The highest BCUT2D eigenvalue weighted by atomic mass is 32.2. The van der Waals surface area contributed by atoms with Crippen LogP contribution in [-0.4, -0.2) is 36.3 Å². The first kappa shape index (κ1) is 14.0. The van der Waals surface area contributed by atoms with Crippen LogP contribution in [0.5, 0.6) is 5.75 Å². The monoisotopic (exact) mass is 270 g/mol. The summed E-state index contributed by atoms with van der Waals surface area (Å²) in [7, 11) is -2.64. The number of nitro groups is 1. The molecule has 0 saturated carbocycles. The number of terminal acetylenes is 1. The summed E-state index contributed by atoms with van der Waals surface area (Å²) in [4.78, 5) is 9.43. The molecule has 0 aromatic heterocycles. The SMILES string of the molecule is C#CCN(C)S(=O)(=O)c1ccc(O)c([N+](=O)[O-])c1. The third-order valence-corrected chi connectivity index (χ3v) is 3.97. The predicted octanol–water partition coefficient (Wildman–Crippen LogP) is 0.554. The molecule has 96 valence electrons. The van der Waals surface area contributed by atoms with E-state index in [1.54, 1.807) is 0 Å². The second-order valence-electron chi connectivity index (χ2n) is 3.37. The van der Waals surface area contributed by atoms with Crippen molar-refractivity contribution in [1.82, 2.24) is 4.31 Å². The molecule has 7 nitrogen and oxygen atoms in total. The van der Waals surface area contributed by atoms with Crippen molar-refractivity contribution in [3.63, 3.8) is 0 Å². The van der Waals surface area contributed by atoms with Gasteiger partial charge in [-0.2, -0.15) is 4.31 Å². The largest absolute Gasteiger partial charge is 0.502 e. The number of hydrogen-bond acceptors (Lipinski definition) is 5. The number of rotatable bonds is 4. The van der Waals surface area contributed by atoms with Gasteiger partial charge in [-0.3, -0.25) is 10.1 Å². The molecular weight excluding hydrogens is 260 g/mol. The summed E-state index contributed by atoms with van der Waals surface area (Å²) in [6.07, 6.45) is 5.00. The van der Waals surface area contributed by atoms with Crippen LogP contribution < -0.4 is 0 Å². The number of sulfonamides is 1. The maximum Gasteiger partial charge on any atom is 0.312 e. The lowest BCUT2D eigenvalue weighted by molar-refractivity contribution is -0.386. The van der Waals surface area contributed by atoms with Crippen LogP contribution in [0, 0.1) is 22.5 Å². The summed E-state index contributed by atoms with van der Waals surface area (Å²) in [6.45, 7) is -0.156. The molecule has 8 heteroatoms. The Balaban J connectivity index is 3.31. The molecule has 0 aliphatic rings. The molecule has 0 aliphatic carbocycles. The normalized spacial score (nSPS) is 11.2. The van der Waals surface area contributed by atoms with E-state index in [1.807, 2.05) is 0 Å². The van der Waals surface area contributed by atoms with Crippen LogP contribution in [0.15, 0.2) is 23.1 Å². The Hall–Kier alpha value is -2.11. The molecule has 0 fully saturated rings. The van der Waals surface area contributed by atoms with Gasteiger partial charge < -0.3 is 5.11 Å². The van der Waals surface area contributed by atoms with E-state index in [9.17, 15) is 23.6 Å². The maximum atomic E-state index is 11.9. The fourth-order valence-electron chi connectivity index (χ4n) is 1.20. The van der Waals surface area contributed by atoms with Crippen LogP contribution >= 0.6 is 0 Å². The van der Waals surface area contributed by atoms with Gasteiger partial charge in [0, 0.05) is 13.1 Å². The summed E-state index contributed by atoms with van der Waals surface area (Å²) in [5.41, 5.74) is -0.676. The summed E-state index contributed by atoms with van der Waals surface area (Å²) in [5, 5.41) is 19.8. The molecule has 0 spiro atoms. The molecule has 0 aliphatic heterocycles. The molecule has 0 saturated heterocycles. The van der Waals surface area contributed by atoms with Gasteiger partial charge in [0.05, 0.1) is 16.4 Å². The Morgan fingerprint density at radius 2 is 2.17 bits per heavy atom. The van der Waals surface area contributed by atoms with Crippen LogP contribution in [0.25, 0.3) is 0 Å². The molecule has 0 bridgehead atoms. The Morgan fingerprint density at radius 1 is 1.56 bits per heavy atom. The van der Waals surface area contributed by atoms with Gasteiger partial charge in [0.15, 0.2) is 5.75 Å². The van der Waals surface area contributed by atoms with Gasteiger partial charge in [-0.15, -0.1) is 6.42 Å². The van der Waals surface area contributed by atoms with E-state index in [0.717, 1.165) is 22.5 Å². The molecule has 0 radical (unpaired) electrons. The Kier molecular flexibility index (Phi) is 3.90. The quantitative estimate of drug-likeness (QED) is 0.489. The first-order valence-electron chi connectivity index (χ1n) is 4.68. The lowest BCUT2D eigenvalue weighted by Crippen LogP contribution is -2.27. The van der Waals surface area contributed by atoms with Gasteiger partial charge in [-0.25, -0.2) is 8.42 Å². The van der Waals surface area contributed by atoms with Gasteiger partial charge >= 0.3 is 5.69 Å². The smallest absolute Gasteiger partial charge is 0.312 e. The van der Waals surface area contributed by atoms with E-state index in [1.165, 1.54) is 7.05 Å². The Bertz CT molecular complexity index is 618. The standard InChI is InChI=1S/C10H10N2O5S/c1-3-6-11(2)18(16,17)8-4-5-10(13)9(7-8)12(14)15/h1,4-5,7,13H,6H2,2H3. The molecule has 0 amide bonds. The minimum Gasteiger partial charge on any atom is -0.502 e. The van der Waals surface area contributed by atoms with E-state index in [2.05, 4.69) is 5.92 Å². The second kappa shape index (κ2) is 5.03. The van der Waals surface area contributed by atoms with E-state index in [4.69, 9.17) is 6.42 Å². The number of aromatic hydroxyl groups is 1. The zero-order valence-corrected chi connectivity index (χ0v) is 10.2. The molecule has 0 heterocycles. The zero-order valence-electron chi connectivity index (χ0n) is 9.40. The molecule has 18 heavy (non-hydrogen) atoms. The minimum atomic E-state index is -3.90. The van der Waals surface area contributed by atoms with Gasteiger partial charge in [0.25, 0.3) is 0 Å². The van der Waals surface area contributed by atoms with Crippen molar-refractivity contribution in [3.8, 4) is 18.1 Å². The number of phenolic OH excluding ortho intramolecular Hbond substituents is 1. The summed E-state index contributed by atoms with van der Waals surface area (Å²) < 4.78 is 24.7. The van der Waals surface area contributed by atoms with E-state index < -0.39 is 26.4 Å². The van der Waals surface area contributed by atoms with Crippen LogP contribution in [0.2, 0.25) is 0 Å². The molecule has 0 atom stereocenters. The van der Waals surface area contributed by atoms with Crippen molar-refractivity contribution >= 4 is 15.7 Å². The average Bonchev–Trinajstić information content (AvgIpc) is 2.29. The van der Waals surface area contributed by atoms with Gasteiger partial charge in [-0.1, -0.05) is 5.92 Å². The highest BCUT2D eigenvalue weighted by molar-refractivity contribution is 7.89. The third kappa shape index (κ3) is 2.58. The van der Waals surface area contributed by atoms with Gasteiger partial charge in [0.1, 0.15) is 0 Å². The predicted molar refractivity (Wildman–Crippen MR) is 63.4 cm³/mol. The van der Waals surface area contributed by atoms with Crippen molar-refractivity contribution in [2.45, 2.75) is 4.90 Å². The maximum absolute atomic E-state index is 11.9. The first-order chi connectivity index (χ1) is 8.30. The van der Waals surface area contributed by atoms with E-state index in [0.29, 0.717) is 0 Å². The Morgan fingerprint density at radius 3 is 2.67 bits per heavy atom. The molecule has 1 aromatic carbocycles. The van der Waals surface area contributed by atoms with Crippen molar-refractivity contribution in [3.05, 3.63) is 28.3 Å². The summed E-state index contributed by atoms with van der Waals surface area (Å²) in [5.74, 6) is 1.56.